The molecule has 0 unspecified atom stereocenters. The van der Waals surface area contributed by atoms with Gasteiger partial charge in [0.25, 0.3) is 0 Å². The highest BCUT2D eigenvalue weighted by Gasteiger charge is 2.14. The average Bonchev–Trinajstić information content (AvgIpc) is 2.54. The minimum absolute atomic E-state index is 0.413. The number of rotatable bonds is 6. The minimum atomic E-state index is 0.413. The molecule has 0 N–H and O–H groups in total. The maximum absolute atomic E-state index is 5.96. The molecular formula is C16H16Cl2O2S. The lowest BCUT2D eigenvalue weighted by molar-refractivity contribution is 0.399. The fraction of sp³-hybridized carbons (Fsp3) is 0.250. The van der Waals surface area contributed by atoms with Crippen molar-refractivity contribution in [2.75, 3.05) is 14.2 Å². The number of halogens is 2. The second kappa shape index (κ2) is 7.83. The molecule has 2 aromatic rings. The van der Waals surface area contributed by atoms with E-state index in [1.807, 2.05) is 36.4 Å². The van der Waals surface area contributed by atoms with E-state index >= 15 is 0 Å². The van der Waals surface area contributed by atoms with Crippen LogP contribution in [0.4, 0.5) is 0 Å². The Morgan fingerprint density at radius 2 is 1.24 bits per heavy atom. The first-order chi connectivity index (χ1) is 10.2. The molecule has 21 heavy (non-hydrogen) atoms. The summed E-state index contributed by atoms with van der Waals surface area (Å²) in [6.07, 6.45) is 0. The van der Waals surface area contributed by atoms with Gasteiger partial charge >= 0.3 is 0 Å². The molecule has 0 fully saturated rings. The lowest BCUT2D eigenvalue weighted by Crippen LogP contribution is -1.94. The third kappa shape index (κ3) is 3.60. The summed E-state index contributed by atoms with van der Waals surface area (Å²) < 4.78 is 11.0. The Bertz CT molecular complexity index is 564. The number of methoxy groups -OCH3 is 2. The number of benzene rings is 2. The van der Waals surface area contributed by atoms with Crippen molar-refractivity contribution in [2.45, 2.75) is 21.6 Å². The standard InChI is InChI=1S/C16H16Cl2O2S/c1-19-15-11(9-17)5-3-7-13(15)21-14-8-4-6-12(10-18)16(14)20-2/h3-8H,9-10H2,1-2H3. The van der Waals surface area contributed by atoms with Crippen molar-refractivity contribution >= 4 is 35.0 Å². The quantitative estimate of drug-likeness (QED) is 0.660. The number of para-hydroxylation sites is 2. The van der Waals surface area contributed by atoms with Crippen LogP contribution in [0.15, 0.2) is 46.2 Å². The second-order valence-electron chi connectivity index (χ2n) is 4.27. The Morgan fingerprint density at radius 3 is 1.57 bits per heavy atom. The average molecular weight is 343 g/mol. The molecular weight excluding hydrogens is 327 g/mol. The van der Waals surface area contributed by atoms with Gasteiger partial charge < -0.3 is 9.47 Å². The third-order valence-corrected chi connectivity index (χ3v) is 4.70. The van der Waals surface area contributed by atoms with E-state index in [0.29, 0.717) is 11.8 Å². The highest BCUT2D eigenvalue weighted by atomic mass is 35.5. The zero-order chi connectivity index (χ0) is 15.2. The van der Waals surface area contributed by atoms with Gasteiger partial charge in [-0.15, -0.1) is 23.2 Å². The van der Waals surface area contributed by atoms with E-state index < -0.39 is 0 Å². The van der Waals surface area contributed by atoms with Crippen LogP contribution in [0.1, 0.15) is 11.1 Å². The van der Waals surface area contributed by atoms with Gasteiger partial charge in [0.15, 0.2) is 0 Å². The molecule has 0 atom stereocenters. The van der Waals surface area contributed by atoms with E-state index in [4.69, 9.17) is 32.7 Å². The summed E-state index contributed by atoms with van der Waals surface area (Å²) in [7, 11) is 3.31. The molecule has 0 saturated heterocycles. The molecule has 0 heterocycles. The Kier molecular flexibility index (Phi) is 6.09. The summed E-state index contributed by atoms with van der Waals surface area (Å²) in [5, 5.41) is 0. The molecule has 0 aliphatic rings. The molecule has 0 saturated carbocycles. The van der Waals surface area contributed by atoms with Gasteiger partial charge in [-0.25, -0.2) is 0 Å². The van der Waals surface area contributed by atoms with Crippen LogP contribution in [-0.2, 0) is 11.8 Å². The molecule has 2 rings (SSSR count). The van der Waals surface area contributed by atoms with Crippen LogP contribution in [0.2, 0.25) is 0 Å². The van der Waals surface area contributed by atoms with E-state index in [2.05, 4.69) is 0 Å². The van der Waals surface area contributed by atoms with Crippen LogP contribution in [-0.4, -0.2) is 14.2 Å². The van der Waals surface area contributed by atoms with E-state index in [-0.39, 0.29) is 0 Å². The highest BCUT2D eigenvalue weighted by molar-refractivity contribution is 7.99. The molecule has 2 aromatic carbocycles. The van der Waals surface area contributed by atoms with Gasteiger partial charge in [-0.05, 0) is 12.1 Å². The van der Waals surface area contributed by atoms with Gasteiger partial charge in [0.1, 0.15) is 11.5 Å². The topological polar surface area (TPSA) is 18.5 Å². The largest absolute Gasteiger partial charge is 0.495 e. The number of ether oxygens (including phenoxy) is 2. The minimum Gasteiger partial charge on any atom is -0.495 e. The van der Waals surface area contributed by atoms with Crippen molar-refractivity contribution in [2.24, 2.45) is 0 Å². The van der Waals surface area contributed by atoms with Crippen LogP contribution < -0.4 is 9.47 Å². The first kappa shape index (κ1) is 16.3. The van der Waals surface area contributed by atoms with E-state index in [1.54, 1.807) is 26.0 Å². The van der Waals surface area contributed by atoms with Gasteiger partial charge in [-0.2, -0.15) is 0 Å². The summed E-state index contributed by atoms with van der Waals surface area (Å²) in [6, 6.07) is 11.9. The normalized spacial score (nSPS) is 10.5. The van der Waals surface area contributed by atoms with Crippen LogP contribution in [0, 0.1) is 0 Å². The fourth-order valence-corrected chi connectivity index (χ4v) is 3.64. The van der Waals surface area contributed by atoms with Crippen molar-refractivity contribution in [1.82, 2.24) is 0 Å². The number of hydrogen-bond acceptors (Lipinski definition) is 3. The van der Waals surface area contributed by atoms with Crippen LogP contribution in [0.3, 0.4) is 0 Å². The van der Waals surface area contributed by atoms with Gasteiger partial charge in [0.05, 0.1) is 35.8 Å². The summed E-state index contributed by atoms with van der Waals surface area (Å²) in [4.78, 5) is 2.00. The molecule has 0 spiro atoms. The van der Waals surface area contributed by atoms with Crippen molar-refractivity contribution in [3.8, 4) is 11.5 Å². The van der Waals surface area contributed by atoms with Crippen LogP contribution in [0.5, 0.6) is 11.5 Å². The smallest absolute Gasteiger partial charge is 0.137 e. The molecule has 5 heteroatoms. The Morgan fingerprint density at radius 1 is 0.810 bits per heavy atom. The van der Waals surface area contributed by atoms with Gasteiger partial charge in [0.2, 0.25) is 0 Å². The van der Waals surface area contributed by atoms with E-state index in [0.717, 1.165) is 32.4 Å². The van der Waals surface area contributed by atoms with Crippen LogP contribution >= 0.6 is 35.0 Å². The lowest BCUT2D eigenvalue weighted by Gasteiger charge is -2.15. The van der Waals surface area contributed by atoms with Gasteiger partial charge in [-0.1, -0.05) is 36.0 Å². The fourth-order valence-electron chi connectivity index (χ4n) is 2.08. The zero-order valence-electron chi connectivity index (χ0n) is 11.9. The number of alkyl halides is 2. The van der Waals surface area contributed by atoms with Gasteiger partial charge in [0, 0.05) is 11.1 Å². The molecule has 0 amide bonds. The Hall–Kier alpha value is -1.03. The van der Waals surface area contributed by atoms with Gasteiger partial charge in [-0.3, -0.25) is 0 Å². The molecule has 112 valence electrons. The Labute approximate surface area is 139 Å². The zero-order valence-corrected chi connectivity index (χ0v) is 14.2. The monoisotopic (exact) mass is 342 g/mol. The molecule has 0 bridgehead atoms. The molecule has 0 radical (unpaired) electrons. The molecule has 0 aromatic heterocycles. The first-order valence-electron chi connectivity index (χ1n) is 6.36. The summed E-state index contributed by atoms with van der Waals surface area (Å²) >= 11 is 13.5. The van der Waals surface area contributed by atoms with Crippen molar-refractivity contribution in [3.63, 3.8) is 0 Å². The first-order valence-corrected chi connectivity index (χ1v) is 8.25. The van der Waals surface area contributed by atoms with Crippen molar-refractivity contribution in [1.29, 1.82) is 0 Å². The summed E-state index contributed by atoms with van der Waals surface area (Å²) in [5.74, 6) is 2.43. The lowest BCUT2D eigenvalue weighted by atomic mass is 10.2. The van der Waals surface area contributed by atoms with E-state index in [1.165, 1.54) is 0 Å². The second-order valence-corrected chi connectivity index (χ2v) is 5.88. The SMILES string of the molecule is COc1c(CCl)cccc1Sc1cccc(CCl)c1OC. The maximum Gasteiger partial charge on any atom is 0.137 e. The van der Waals surface area contributed by atoms with Crippen LogP contribution in [0.25, 0.3) is 0 Å². The molecule has 0 aliphatic heterocycles. The molecule has 0 aliphatic carbocycles. The van der Waals surface area contributed by atoms with Crippen molar-refractivity contribution < 1.29 is 9.47 Å². The predicted molar refractivity (Wildman–Crippen MR) is 89.2 cm³/mol. The number of hydrogen-bond donors (Lipinski definition) is 0. The predicted octanol–water partition coefficient (Wildman–Crippen LogP) is 5.33. The highest BCUT2D eigenvalue weighted by Crippen LogP contribution is 2.42. The van der Waals surface area contributed by atoms with E-state index in [9.17, 15) is 0 Å². The summed E-state index contributed by atoms with van der Waals surface area (Å²) in [5.41, 5.74) is 1.94. The molecule has 2 nitrogen and oxygen atoms in total. The maximum atomic E-state index is 5.96. The summed E-state index contributed by atoms with van der Waals surface area (Å²) in [6.45, 7) is 0. The van der Waals surface area contributed by atoms with Crippen molar-refractivity contribution in [3.05, 3.63) is 47.5 Å². The Balaban J connectivity index is 2.43. The third-order valence-electron chi connectivity index (χ3n) is 3.04.